The van der Waals surface area contributed by atoms with E-state index in [1.807, 2.05) is 18.2 Å². The van der Waals surface area contributed by atoms with E-state index < -0.39 is 6.09 Å². The highest BCUT2D eigenvalue weighted by molar-refractivity contribution is 5.97. The molecule has 6 nitrogen and oxygen atoms in total. The summed E-state index contributed by atoms with van der Waals surface area (Å²) in [6.45, 7) is 1.42. The number of hydrogen-bond acceptors (Lipinski definition) is 4. The van der Waals surface area contributed by atoms with Crippen LogP contribution in [0.1, 0.15) is 18.4 Å². The van der Waals surface area contributed by atoms with Crippen molar-refractivity contribution in [1.29, 1.82) is 0 Å². The number of carbonyl (C=O) groups is 3. The van der Waals surface area contributed by atoms with Crippen molar-refractivity contribution in [2.45, 2.75) is 19.3 Å². The standard InChI is InChI=1S/C17H20N2O4/c20-15(8-4-7-13-5-2-1-3-6-13)18-9-14(10-18)11-19-16(21)12-23-17(19)22/h1-3,5-6,14H,4,7-12H2. The number of amides is 3. The van der Waals surface area contributed by atoms with E-state index in [2.05, 4.69) is 16.9 Å². The van der Waals surface area contributed by atoms with E-state index >= 15 is 0 Å². The molecule has 0 atom stereocenters. The monoisotopic (exact) mass is 316 g/mol. The van der Waals surface area contributed by atoms with Crippen LogP contribution in [0.25, 0.3) is 0 Å². The maximum atomic E-state index is 12.1. The predicted molar refractivity (Wildman–Crippen MR) is 82.5 cm³/mol. The summed E-state index contributed by atoms with van der Waals surface area (Å²) in [4.78, 5) is 37.8. The molecule has 2 fully saturated rings. The molecule has 3 amide bonds. The molecule has 2 saturated heterocycles. The fraction of sp³-hybridized carbons (Fsp3) is 0.471. The highest BCUT2D eigenvalue weighted by Crippen LogP contribution is 2.20. The molecule has 2 aliphatic heterocycles. The average Bonchev–Trinajstić information content (AvgIpc) is 2.82. The minimum Gasteiger partial charge on any atom is -0.439 e. The second-order valence-electron chi connectivity index (χ2n) is 6.06. The summed E-state index contributed by atoms with van der Waals surface area (Å²) in [6, 6.07) is 10.1. The summed E-state index contributed by atoms with van der Waals surface area (Å²) < 4.78 is 4.67. The van der Waals surface area contributed by atoms with Gasteiger partial charge in [0.2, 0.25) is 5.91 Å². The molecule has 2 aliphatic rings. The molecule has 23 heavy (non-hydrogen) atoms. The third-order valence-corrected chi connectivity index (χ3v) is 4.29. The van der Waals surface area contributed by atoms with E-state index in [1.54, 1.807) is 4.90 Å². The Morgan fingerprint density at radius 1 is 1.17 bits per heavy atom. The zero-order valence-corrected chi connectivity index (χ0v) is 12.9. The first-order valence-corrected chi connectivity index (χ1v) is 7.92. The van der Waals surface area contributed by atoms with Crippen molar-refractivity contribution in [3.05, 3.63) is 35.9 Å². The quantitative estimate of drug-likeness (QED) is 0.796. The Hall–Kier alpha value is -2.37. The second-order valence-corrected chi connectivity index (χ2v) is 6.06. The fourth-order valence-corrected chi connectivity index (χ4v) is 2.95. The van der Waals surface area contributed by atoms with Crippen molar-refractivity contribution in [2.24, 2.45) is 5.92 Å². The minimum atomic E-state index is -0.567. The van der Waals surface area contributed by atoms with Crippen LogP contribution in [0.3, 0.4) is 0 Å². The van der Waals surface area contributed by atoms with Gasteiger partial charge >= 0.3 is 6.09 Å². The molecule has 0 radical (unpaired) electrons. The maximum Gasteiger partial charge on any atom is 0.417 e. The van der Waals surface area contributed by atoms with E-state index in [0.29, 0.717) is 26.1 Å². The lowest BCUT2D eigenvalue weighted by atomic mass is 9.98. The van der Waals surface area contributed by atoms with Gasteiger partial charge < -0.3 is 9.64 Å². The first-order chi connectivity index (χ1) is 11.1. The van der Waals surface area contributed by atoms with Gasteiger partial charge in [0.25, 0.3) is 5.91 Å². The van der Waals surface area contributed by atoms with Crippen LogP contribution < -0.4 is 0 Å². The number of likely N-dealkylation sites (tertiary alicyclic amines) is 1. The van der Waals surface area contributed by atoms with Crippen LogP contribution in [0.15, 0.2) is 30.3 Å². The predicted octanol–water partition coefficient (Wildman–Crippen LogP) is 1.45. The fourth-order valence-electron chi connectivity index (χ4n) is 2.95. The Morgan fingerprint density at radius 3 is 2.57 bits per heavy atom. The van der Waals surface area contributed by atoms with Crippen LogP contribution in [0.4, 0.5) is 4.79 Å². The van der Waals surface area contributed by atoms with Gasteiger partial charge in [0, 0.05) is 32.0 Å². The summed E-state index contributed by atoms with van der Waals surface area (Å²) in [5, 5.41) is 0. The first-order valence-electron chi connectivity index (χ1n) is 7.92. The summed E-state index contributed by atoms with van der Waals surface area (Å²) >= 11 is 0. The molecule has 0 spiro atoms. The number of carbonyl (C=O) groups excluding carboxylic acids is 3. The van der Waals surface area contributed by atoms with Crippen LogP contribution >= 0.6 is 0 Å². The Bertz CT molecular complexity index is 580. The molecule has 2 heterocycles. The number of nitrogens with zero attached hydrogens (tertiary/aromatic N) is 2. The Labute approximate surface area is 135 Å². The van der Waals surface area contributed by atoms with Crippen molar-refractivity contribution in [3.63, 3.8) is 0 Å². The lowest BCUT2D eigenvalue weighted by molar-refractivity contribution is -0.138. The molecule has 0 aliphatic carbocycles. The van der Waals surface area contributed by atoms with E-state index in [0.717, 1.165) is 17.7 Å². The Kier molecular flexibility index (Phi) is 4.60. The molecule has 0 unspecified atom stereocenters. The van der Waals surface area contributed by atoms with Crippen LogP contribution in [-0.2, 0) is 20.7 Å². The molecular weight excluding hydrogens is 296 g/mol. The highest BCUT2D eigenvalue weighted by atomic mass is 16.6. The summed E-state index contributed by atoms with van der Waals surface area (Å²) in [5.41, 5.74) is 1.24. The van der Waals surface area contributed by atoms with Gasteiger partial charge in [0.05, 0.1) is 0 Å². The van der Waals surface area contributed by atoms with Crippen LogP contribution in [-0.4, -0.2) is 53.9 Å². The SMILES string of the molecule is O=C(CCCc1ccccc1)N1CC(CN2C(=O)COC2=O)C1. The first kappa shape index (κ1) is 15.5. The molecule has 1 aromatic carbocycles. The average molecular weight is 316 g/mol. The number of hydrogen-bond donors (Lipinski definition) is 0. The van der Waals surface area contributed by atoms with Crippen LogP contribution in [0.5, 0.6) is 0 Å². The molecular formula is C17H20N2O4. The topological polar surface area (TPSA) is 66.9 Å². The Balaban J connectivity index is 1.35. The molecule has 0 aromatic heterocycles. The lowest BCUT2D eigenvalue weighted by Crippen LogP contribution is -2.54. The molecule has 6 heteroatoms. The molecule has 0 saturated carbocycles. The van der Waals surface area contributed by atoms with Crippen molar-refractivity contribution >= 4 is 17.9 Å². The van der Waals surface area contributed by atoms with Crippen molar-refractivity contribution < 1.29 is 19.1 Å². The molecule has 0 bridgehead atoms. The van der Waals surface area contributed by atoms with E-state index in [4.69, 9.17) is 0 Å². The minimum absolute atomic E-state index is 0.146. The summed E-state index contributed by atoms with van der Waals surface area (Å²) in [5.74, 6) is 0.0258. The molecule has 1 aromatic rings. The van der Waals surface area contributed by atoms with Gasteiger partial charge in [0.15, 0.2) is 6.61 Å². The number of benzene rings is 1. The zero-order chi connectivity index (χ0) is 16.2. The third kappa shape index (κ3) is 3.70. The van der Waals surface area contributed by atoms with Crippen molar-refractivity contribution in [2.75, 3.05) is 26.2 Å². The lowest BCUT2D eigenvalue weighted by Gasteiger charge is -2.40. The van der Waals surface area contributed by atoms with Crippen molar-refractivity contribution in [3.8, 4) is 0 Å². The van der Waals surface area contributed by atoms with E-state index in [9.17, 15) is 14.4 Å². The van der Waals surface area contributed by atoms with Gasteiger partial charge in [0.1, 0.15) is 0 Å². The zero-order valence-electron chi connectivity index (χ0n) is 12.9. The largest absolute Gasteiger partial charge is 0.439 e. The number of rotatable bonds is 6. The third-order valence-electron chi connectivity index (χ3n) is 4.29. The van der Waals surface area contributed by atoms with E-state index in [-0.39, 0.29) is 24.3 Å². The van der Waals surface area contributed by atoms with Crippen molar-refractivity contribution in [1.82, 2.24) is 9.80 Å². The normalized spacial score (nSPS) is 18.1. The summed E-state index contributed by atoms with van der Waals surface area (Å²) in [7, 11) is 0. The molecule has 0 N–H and O–H groups in total. The number of imide groups is 1. The van der Waals surface area contributed by atoms with Gasteiger partial charge in [-0.3, -0.25) is 9.59 Å². The second kappa shape index (κ2) is 6.81. The number of ether oxygens (including phenoxy) is 1. The maximum absolute atomic E-state index is 12.1. The van der Waals surface area contributed by atoms with Gasteiger partial charge in [-0.15, -0.1) is 0 Å². The highest BCUT2D eigenvalue weighted by Gasteiger charge is 2.37. The molecule has 3 rings (SSSR count). The van der Waals surface area contributed by atoms with Crippen LogP contribution in [0, 0.1) is 5.92 Å². The Morgan fingerprint density at radius 2 is 1.91 bits per heavy atom. The van der Waals surface area contributed by atoms with Crippen LogP contribution in [0.2, 0.25) is 0 Å². The van der Waals surface area contributed by atoms with Gasteiger partial charge in [-0.1, -0.05) is 30.3 Å². The number of aryl methyl sites for hydroxylation is 1. The van der Waals surface area contributed by atoms with Gasteiger partial charge in [-0.25, -0.2) is 9.69 Å². The van der Waals surface area contributed by atoms with Gasteiger partial charge in [-0.05, 0) is 18.4 Å². The summed E-state index contributed by atoms with van der Waals surface area (Å²) in [6.07, 6.45) is 1.70. The van der Waals surface area contributed by atoms with E-state index in [1.165, 1.54) is 5.56 Å². The number of cyclic esters (lactones) is 1. The van der Waals surface area contributed by atoms with Gasteiger partial charge in [-0.2, -0.15) is 0 Å². The smallest absolute Gasteiger partial charge is 0.417 e. The molecule has 122 valence electrons.